The lowest BCUT2D eigenvalue weighted by Gasteiger charge is -2.24. The van der Waals surface area contributed by atoms with Crippen molar-refractivity contribution in [3.63, 3.8) is 0 Å². The average molecular weight is 364 g/mol. The van der Waals surface area contributed by atoms with Crippen molar-refractivity contribution in [2.75, 3.05) is 18.4 Å². The van der Waals surface area contributed by atoms with Gasteiger partial charge in [0.15, 0.2) is 0 Å². The van der Waals surface area contributed by atoms with Crippen LogP contribution in [0.2, 0.25) is 0 Å². The van der Waals surface area contributed by atoms with Crippen LogP contribution in [0.15, 0.2) is 24.3 Å². The van der Waals surface area contributed by atoms with Gasteiger partial charge in [-0.3, -0.25) is 9.59 Å². The van der Waals surface area contributed by atoms with Gasteiger partial charge in [0.05, 0.1) is 0 Å². The molecular formula is C19H26ClN3O2. The molecule has 6 heteroatoms. The van der Waals surface area contributed by atoms with E-state index in [1.165, 1.54) is 6.42 Å². The number of hydrogen-bond donors (Lipinski definition) is 2. The molecule has 2 saturated heterocycles. The van der Waals surface area contributed by atoms with Crippen LogP contribution in [-0.2, 0) is 4.79 Å². The second-order valence-corrected chi connectivity index (χ2v) is 7.57. The fourth-order valence-corrected chi connectivity index (χ4v) is 3.96. The lowest BCUT2D eigenvalue weighted by Crippen LogP contribution is -2.39. The predicted molar refractivity (Wildman–Crippen MR) is 100 cm³/mol. The van der Waals surface area contributed by atoms with Crippen LogP contribution in [0.4, 0.5) is 5.69 Å². The standard InChI is InChI=1S/C19H25N3O2.ClH/c1-12-9-17(12)18(23)21-15-4-2-3-13(10-15)19(24)22-8-7-14-5-6-16(11-22)20-14;/h2-4,10,12,14,16-17,20H,5-9,11H2,1H3,(H,21,23);1H. The summed E-state index contributed by atoms with van der Waals surface area (Å²) in [5.41, 5.74) is 1.38. The summed E-state index contributed by atoms with van der Waals surface area (Å²) in [5, 5.41) is 6.55. The molecule has 2 aliphatic heterocycles. The van der Waals surface area contributed by atoms with E-state index in [-0.39, 0.29) is 30.1 Å². The van der Waals surface area contributed by atoms with Gasteiger partial charge in [0.25, 0.3) is 5.91 Å². The van der Waals surface area contributed by atoms with Crippen molar-refractivity contribution in [3.05, 3.63) is 29.8 Å². The van der Waals surface area contributed by atoms with Crippen LogP contribution in [-0.4, -0.2) is 41.9 Å². The monoisotopic (exact) mass is 363 g/mol. The summed E-state index contributed by atoms with van der Waals surface area (Å²) in [6, 6.07) is 8.35. The quantitative estimate of drug-likeness (QED) is 0.867. The molecule has 3 aliphatic rings. The van der Waals surface area contributed by atoms with Gasteiger partial charge in [-0.25, -0.2) is 0 Å². The van der Waals surface area contributed by atoms with Gasteiger partial charge >= 0.3 is 0 Å². The van der Waals surface area contributed by atoms with Gasteiger partial charge in [-0.05, 0) is 49.8 Å². The molecule has 2 N–H and O–H groups in total. The number of nitrogens with zero attached hydrogens (tertiary/aromatic N) is 1. The molecule has 1 saturated carbocycles. The van der Waals surface area contributed by atoms with Gasteiger partial charge in [-0.15, -0.1) is 12.4 Å². The van der Waals surface area contributed by atoms with Crippen molar-refractivity contribution in [1.29, 1.82) is 0 Å². The molecule has 1 aromatic rings. The minimum Gasteiger partial charge on any atom is -0.337 e. The fourth-order valence-electron chi connectivity index (χ4n) is 3.96. The Morgan fingerprint density at radius 3 is 2.72 bits per heavy atom. The fraction of sp³-hybridized carbons (Fsp3) is 0.579. The van der Waals surface area contributed by atoms with Gasteiger partial charge in [0, 0.05) is 42.3 Å². The maximum Gasteiger partial charge on any atom is 0.253 e. The summed E-state index contributed by atoms with van der Waals surface area (Å²) >= 11 is 0. The highest BCUT2D eigenvalue weighted by Gasteiger charge is 2.39. The minimum atomic E-state index is 0. The van der Waals surface area contributed by atoms with Gasteiger partial charge in [0.1, 0.15) is 0 Å². The maximum atomic E-state index is 12.9. The van der Waals surface area contributed by atoms with Crippen LogP contribution in [0.5, 0.6) is 0 Å². The lowest BCUT2D eigenvalue weighted by molar-refractivity contribution is -0.117. The third-order valence-corrected chi connectivity index (χ3v) is 5.63. The second-order valence-electron chi connectivity index (χ2n) is 7.57. The number of halogens is 1. The number of nitrogens with one attached hydrogen (secondary N) is 2. The number of carbonyl (C=O) groups is 2. The van der Waals surface area contributed by atoms with E-state index in [0.717, 1.165) is 38.0 Å². The van der Waals surface area contributed by atoms with E-state index < -0.39 is 0 Å². The summed E-state index contributed by atoms with van der Waals surface area (Å²) in [4.78, 5) is 26.9. The highest BCUT2D eigenvalue weighted by atomic mass is 35.5. The Balaban J connectivity index is 0.00000182. The molecule has 4 atom stereocenters. The van der Waals surface area contributed by atoms with E-state index in [1.54, 1.807) is 0 Å². The molecule has 0 aromatic heterocycles. The van der Waals surface area contributed by atoms with Crippen molar-refractivity contribution in [3.8, 4) is 0 Å². The van der Waals surface area contributed by atoms with Gasteiger partial charge in [-0.1, -0.05) is 13.0 Å². The molecule has 25 heavy (non-hydrogen) atoms. The largest absolute Gasteiger partial charge is 0.337 e. The van der Waals surface area contributed by atoms with Crippen molar-refractivity contribution in [1.82, 2.24) is 10.2 Å². The van der Waals surface area contributed by atoms with E-state index in [2.05, 4.69) is 17.6 Å². The topological polar surface area (TPSA) is 61.4 Å². The SMILES string of the molecule is CC1CC1C(=O)Nc1cccc(C(=O)N2CCC3CCC(C2)N3)c1.Cl. The van der Waals surface area contributed by atoms with Crippen LogP contribution in [0.25, 0.3) is 0 Å². The zero-order valence-corrected chi connectivity index (χ0v) is 15.3. The molecule has 2 bridgehead atoms. The second kappa shape index (κ2) is 7.34. The zero-order valence-electron chi connectivity index (χ0n) is 14.5. The summed E-state index contributed by atoms with van der Waals surface area (Å²) in [6.07, 6.45) is 4.38. The average Bonchev–Trinajstić information content (AvgIpc) is 3.19. The Morgan fingerprint density at radius 1 is 1.20 bits per heavy atom. The number of rotatable bonds is 3. The minimum absolute atomic E-state index is 0. The van der Waals surface area contributed by atoms with E-state index in [4.69, 9.17) is 0 Å². The Hall–Kier alpha value is -1.59. The van der Waals surface area contributed by atoms with Crippen molar-refractivity contribution < 1.29 is 9.59 Å². The molecule has 2 heterocycles. The molecule has 1 aromatic carbocycles. The van der Waals surface area contributed by atoms with Crippen LogP contribution in [0.3, 0.4) is 0 Å². The molecule has 0 radical (unpaired) electrons. The molecule has 4 unspecified atom stereocenters. The highest BCUT2D eigenvalue weighted by Crippen LogP contribution is 2.38. The molecule has 1 aliphatic carbocycles. The van der Waals surface area contributed by atoms with Crippen molar-refractivity contribution in [2.24, 2.45) is 11.8 Å². The molecule has 0 spiro atoms. The Kier molecular flexibility index (Phi) is 5.35. The van der Waals surface area contributed by atoms with E-state index in [9.17, 15) is 9.59 Å². The first-order valence-corrected chi connectivity index (χ1v) is 9.06. The Labute approximate surface area is 154 Å². The van der Waals surface area contributed by atoms with Crippen LogP contribution in [0.1, 0.15) is 43.0 Å². The molecule has 136 valence electrons. The number of amides is 2. The number of likely N-dealkylation sites (tertiary alicyclic amines) is 1. The number of hydrogen-bond acceptors (Lipinski definition) is 3. The zero-order chi connectivity index (χ0) is 16.7. The lowest BCUT2D eigenvalue weighted by atomic mass is 10.1. The maximum absolute atomic E-state index is 12.9. The van der Waals surface area contributed by atoms with Crippen molar-refractivity contribution >= 4 is 29.9 Å². The number of benzene rings is 1. The van der Waals surface area contributed by atoms with E-state index in [0.29, 0.717) is 23.6 Å². The first-order chi connectivity index (χ1) is 11.6. The third-order valence-electron chi connectivity index (χ3n) is 5.63. The highest BCUT2D eigenvalue weighted by molar-refractivity contribution is 5.98. The molecule has 3 fully saturated rings. The van der Waals surface area contributed by atoms with Gasteiger partial charge in [-0.2, -0.15) is 0 Å². The summed E-state index contributed by atoms with van der Waals surface area (Å²) in [5.74, 6) is 0.759. The number of carbonyl (C=O) groups excluding carboxylic acids is 2. The summed E-state index contributed by atoms with van der Waals surface area (Å²) < 4.78 is 0. The normalized spacial score (nSPS) is 30.2. The summed E-state index contributed by atoms with van der Waals surface area (Å²) in [7, 11) is 0. The summed E-state index contributed by atoms with van der Waals surface area (Å²) in [6.45, 7) is 3.68. The Bertz CT molecular complexity index is 666. The van der Waals surface area contributed by atoms with Crippen LogP contribution >= 0.6 is 12.4 Å². The third kappa shape index (κ3) is 3.98. The van der Waals surface area contributed by atoms with E-state index in [1.807, 2.05) is 29.2 Å². The van der Waals surface area contributed by atoms with Crippen LogP contribution < -0.4 is 10.6 Å². The van der Waals surface area contributed by atoms with Gasteiger partial charge in [0.2, 0.25) is 5.91 Å². The van der Waals surface area contributed by atoms with Crippen molar-refractivity contribution in [2.45, 2.75) is 44.7 Å². The Morgan fingerprint density at radius 2 is 1.96 bits per heavy atom. The molecule has 4 rings (SSSR count). The first-order valence-electron chi connectivity index (χ1n) is 9.06. The molecule has 5 nitrogen and oxygen atoms in total. The molecule has 2 amide bonds. The number of fused-ring (bicyclic) bond motifs is 2. The van der Waals surface area contributed by atoms with Gasteiger partial charge < -0.3 is 15.5 Å². The van der Waals surface area contributed by atoms with Crippen LogP contribution in [0, 0.1) is 11.8 Å². The molecular weight excluding hydrogens is 338 g/mol. The smallest absolute Gasteiger partial charge is 0.253 e. The van der Waals surface area contributed by atoms with E-state index >= 15 is 0 Å². The first kappa shape index (κ1) is 18.2. The number of anilines is 1. The predicted octanol–water partition coefficient (Wildman–Crippen LogP) is 2.67.